The highest BCUT2D eigenvalue weighted by Gasteiger charge is 2.23. The third-order valence-corrected chi connectivity index (χ3v) is 3.59. The monoisotopic (exact) mass is 234 g/mol. The third-order valence-electron chi connectivity index (χ3n) is 3.59. The van der Waals surface area contributed by atoms with E-state index in [4.69, 9.17) is 0 Å². The van der Waals surface area contributed by atoms with Gasteiger partial charge in [0.05, 0.1) is 4.92 Å². The van der Waals surface area contributed by atoms with Gasteiger partial charge in [0.25, 0.3) is 5.69 Å². The summed E-state index contributed by atoms with van der Waals surface area (Å²) in [4.78, 5) is 10.6. The molecule has 1 aromatic carbocycles. The number of nitrogens with zero attached hydrogens (tertiary/aromatic N) is 1. The molecule has 1 aliphatic rings. The molecule has 17 heavy (non-hydrogen) atoms. The van der Waals surface area contributed by atoms with E-state index in [-0.39, 0.29) is 10.6 Å². The Morgan fingerprint density at radius 2 is 2.00 bits per heavy atom. The van der Waals surface area contributed by atoms with Crippen LogP contribution in [0.5, 0.6) is 0 Å². The maximum atomic E-state index is 10.9. The van der Waals surface area contributed by atoms with Crippen LogP contribution in [0.1, 0.15) is 32.6 Å². The maximum Gasteiger partial charge on any atom is 0.292 e. The molecule has 1 aromatic rings. The van der Waals surface area contributed by atoms with E-state index >= 15 is 0 Å². The molecular formula is C13H18N2O2. The molecule has 1 N–H and O–H groups in total. The summed E-state index contributed by atoms with van der Waals surface area (Å²) in [6.45, 7) is 2.12. The quantitative estimate of drug-likeness (QED) is 0.639. The Hall–Kier alpha value is -1.58. The van der Waals surface area contributed by atoms with Gasteiger partial charge in [-0.25, -0.2) is 0 Å². The first-order chi connectivity index (χ1) is 8.18. The zero-order valence-corrected chi connectivity index (χ0v) is 10.1. The zero-order valence-electron chi connectivity index (χ0n) is 10.1. The van der Waals surface area contributed by atoms with Crippen LogP contribution in [0.2, 0.25) is 0 Å². The van der Waals surface area contributed by atoms with Crippen molar-refractivity contribution in [1.29, 1.82) is 0 Å². The van der Waals surface area contributed by atoms with E-state index in [1.165, 1.54) is 25.7 Å². The van der Waals surface area contributed by atoms with Crippen LogP contribution >= 0.6 is 0 Å². The summed E-state index contributed by atoms with van der Waals surface area (Å²) in [5, 5.41) is 14.2. The van der Waals surface area contributed by atoms with Gasteiger partial charge in [-0.05, 0) is 31.7 Å². The second-order valence-corrected chi connectivity index (χ2v) is 4.75. The van der Waals surface area contributed by atoms with E-state index < -0.39 is 0 Å². The Morgan fingerprint density at radius 3 is 2.65 bits per heavy atom. The van der Waals surface area contributed by atoms with Crippen molar-refractivity contribution in [2.75, 3.05) is 5.32 Å². The van der Waals surface area contributed by atoms with Crippen LogP contribution in [0.3, 0.4) is 0 Å². The summed E-state index contributed by atoms with van der Waals surface area (Å²) < 4.78 is 0. The van der Waals surface area contributed by atoms with Gasteiger partial charge in [0.2, 0.25) is 0 Å². The first kappa shape index (κ1) is 11.9. The number of rotatable bonds is 4. The summed E-state index contributed by atoms with van der Waals surface area (Å²) in [7, 11) is 0. The highest BCUT2D eigenvalue weighted by atomic mass is 16.6. The van der Waals surface area contributed by atoms with E-state index in [0.717, 1.165) is 0 Å². The third kappa shape index (κ3) is 2.75. The summed E-state index contributed by atoms with van der Waals surface area (Å²) in [6, 6.07) is 7.16. The topological polar surface area (TPSA) is 55.2 Å². The average Bonchev–Trinajstić information content (AvgIpc) is 2.83. The Kier molecular flexibility index (Phi) is 3.61. The molecule has 0 saturated heterocycles. The second kappa shape index (κ2) is 5.17. The molecule has 0 amide bonds. The Bertz CT molecular complexity index is 400. The van der Waals surface area contributed by atoms with Gasteiger partial charge in [0, 0.05) is 12.1 Å². The lowest BCUT2D eigenvalue weighted by Gasteiger charge is -2.21. The molecular weight excluding hydrogens is 216 g/mol. The lowest BCUT2D eigenvalue weighted by Crippen LogP contribution is -2.24. The molecule has 4 heteroatoms. The first-order valence-corrected chi connectivity index (χ1v) is 6.18. The number of nitrogens with one attached hydrogen (secondary N) is 1. The lowest BCUT2D eigenvalue weighted by molar-refractivity contribution is -0.384. The van der Waals surface area contributed by atoms with Gasteiger partial charge in [0.1, 0.15) is 5.69 Å². The van der Waals surface area contributed by atoms with Crippen molar-refractivity contribution in [1.82, 2.24) is 0 Å². The molecule has 1 saturated carbocycles. The molecule has 0 spiro atoms. The predicted octanol–water partition coefficient (Wildman–Crippen LogP) is 3.59. The summed E-state index contributed by atoms with van der Waals surface area (Å²) >= 11 is 0. The minimum Gasteiger partial charge on any atom is -0.377 e. The molecule has 4 nitrogen and oxygen atoms in total. The molecule has 0 bridgehead atoms. The number of hydrogen-bond acceptors (Lipinski definition) is 3. The van der Waals surface area contributed by atoms with E-state index in [9.17, 15) is 10.1 Å². The van der Waals surface area contributed by atoms with E-state index in [2.05, 4.69) is 12.2 Å². The highest BCUT2D eigenvalue weighted by molar-refractivity contribution is 5.61. The number of benzene rings is 1. The van der Waals surface area contributed by atoms with E-state index in [0.29, 0.717) is 17.6 Å². The summed E-state index contributed by atoms with van der Waals surface area (Å²) in [5.41, 5.74) is 0.800. The minimum absolute atomic E-state index is 0.164. The van der Waals surface area contributed by atoms with Gasteiger partial charge in [-0.2, -0.15) is 0 Å². The van der Waals surface area contributed by atoms with Crippen LogP contribution in [-0.2, 0) is 0 Å². The standard InChI is InChI=1S/C13H18N2O2/c1-10(11-6-2-3-7-11)14-12-8-4-5-9-13(12)15(16)17/h4-5,8-11,14H,2-3,6-7H2,1H3. The minimum atomic E-state index is -0.330. The Labute approximate surface area is 101 Å². The van der Waals surface area contributed by atoms with Crippen LogP contribution in [-0.4, -0.2) is 11.0 Å². The van der Waals surface area contributed by atoms with Gasteiger partial charge >= 0.3 is 0 Å². The van der Waals surface area contributed by atoms with Crippen molar-refractivity contribution in [3.8, 4) is 0 Å². The fraction of sp³-hybridized carbons (Fsp3) is 0.538. The van der Waals surface area contributed by atoms with Gasteiger partial charge in [-0.3, -0.25) is 10.1 Å². The molecule has 92 valence electrons. The van der Waals surface area contributed by atoms with Gasteiger partial charge in [-0.15, -0.1) is 0 Å². The molecule has 1 unspecified atom stereocenters. The van der Waals surface area contributed by atoms with Crippen LogP contribution in [0.15, 0.2) is 24.3 Å². The fourth-order valence-electron chi connectivity index (χ4n) is 2.58. The Balaban J connectivity index is 2.09. The first-order valence-electron chi connectivity index (χ1n) is 6.18. The van der Waals surface area contributed by atoms with Crippen molar-refractivity contribution < 1.29 is 4.92 Å². The van der Waals surface area contributed by atoms with Crippen molar-refractivity contribution >= 4 is 11.4 Å². The molecule has 2 rings (SSSR count). The summed E-state index contributed by atoms with van der Waals surface area (Å²) in [6.07, 6.45) is 5.03. The number of nitro groups is 1. The lowest BCUT2D eigenvalue weighted by atomic mass is 9.99. The Morgan fingerprint density at radius 1 is 1.35 bits per heavy atom. The molecule has 0 radical (unpaired) electrons. The molecule has 0 aromatic heterocycles. The van der Waals surface area contributed by atoms with Gasteiger partial charge < -0.3 is 5.32 Å². The molecule has 1 fully saturated rings. The molecule has 1 atom stereocenters. The molecule has 0 aliphatic heterocycles. The summed E-state index contributed by atoms with van der Waals surface area (Å²) in [5.74, 6) is 0.648. The van der Waals surface area contributed by atoms with E-state index in [1.807, 2.05) is 6.07 Å². The van der Waals surface area contributed by atoms with Crippen LogP contribution in [0.4, 0.5) is 11.4 Å². The number of para-hydroxylation sites is 2. The smallest absolute Gasteiger partial charge is 0.292 e. The highest BCUT2D eigenvalue weighted by Crippen LogP contribution is 2.31. The number of anilines is 1. The second-order valence-electron chi connectivity index (χ2n) is 4.75. The average molecular weight is 234 g/mol. The van der Waals surface area contributed by atoms with Gasteiger partial charge in [-0.1, -0.05) is 25.0 Å². The fourth-order valence-corrected chi connectivity index (χ4v) is 2.58. The van der Waals surface area contributed by atoms with E-state index in [1.54, 1.807) is 18.2 Å². The maximum absolute atomic E-state index is 10.9. The van der Waals surface area contributed by atoms with Crippen molar-refractivity contribution in [3.63, 3.8) is 0 Å². The number of hydrogen-bond donors (Lipinski definition) is 1. The zero-order chi connectivity index (χ0) is 12.3. The normalized spacial score (nSPS) is 17.9. The number of nitro benzene ring substituents is 1. The largest absolute Gasteiger partial charge is 0.377 e. The SMILES string of the molecule is CC(Nc1ccccc1[N+](=O)[O-])C1CCCC1. The van der Waals surface area contributed by atoms with Crippen LogP contribution < -0.4 is 5.32 Å². The van der Waals surface area contributed by atoms with Crippen molar-refractivity contribution in [3.05, 3.63) is 34.4 Å². The molecule has 1 aliphatic carbocycles. The predicted molar refractivity (Wildman–Crippen MR) is 68.1 cm³/mol. The van der Waals surface area contributed by atoms with Crippen molar-refractivity contribution in [2.45, 2.75) is 38.6 Å². The molecule has 0 heterocycles. The van der Waals surface area contributed by atoms with Gasteiger partial charge in [0.15, 0.2) is 0 Å². The van der Waals surface area contributed by atoms with Crippen LogP contribution in [0.25, 0.3) is 0 Å². The van der Waals surface area contributed by atoms with Crippen molar-refractivity contribution in [2.24, 2.45) is 5.92 Å². The van der Waals surface area contributed by atoms with Crippen LogP contribution in [0, 0.1) is 16.0 Å².